The Morgan fingerprint density at radius 3 is 3.10 bits per heavy atom. The monoisotopic (exact) mass is 310 g/mol. The van der Waals surface area contributed by atoms with Gasteiger partial charge in [0.1, 0.15) is 0 Å². The van der Waals surface area contributed by atoms with Crippen LogP contribution < -0.4 is 5.32 Å². The molecule has 0 saturated carbocycles. The minimum Gasteiger partial charge on any atom is -0.479 e. The van der Waals surface area contributed by atoms with Gasteiger partial charge in [0.2, 0.25) is 0 Å². The van der Waals surface area contributed by atoms with E-state index in [0.29, 0.717) is 25.9 Å². The van der Waals surface area contributed by atoms with Crippen LogP contribution in [-0.4, -0.2) is 47.3 Å². The third kappa shape index (κ3) is 3.19. The Balaban J connectivity index is 1.46. The van der Waals surface area contributed by atoms with Gasteiger partial charge in [-0.15, -0.1) is 11.3 Å². The van der Waals surface area contributed by atoms with Crippen LogP contribution in [0.15, 0.2) is 11.4 Å². The van der Waals surface area contributed by atoms with E-state index in [9.17, 15) is 9.59 Å². The second-order valence-corrected chi connectivity index (χ2v) is 6.39. The summed E-state index contributed by atoms with van der Waals surface area (Å²) in [5.41, 5.74) is 1.23. The number of nitrogens with zero attached hydrogens (tertiary/aromatic N) is 1. The first-order chi connectivity index (χ1) is 10.1. The second-order valence-electron chi connectivity index (χ2n) is 5.39. The van der Waals surface area contributed by atoms with Crippen LogP contribution in [0.3, 0.4) is 0 Å². The number of hydrogen-bond acceptors (Lipinski definition) is 4. The quantitative estimate of drug-likeness (QED) is 0.885. The number of ether oxygens (including phenoxy) is 1. The van der Waals surface area contributed by atoms with Crippen molar-refractivity contribution in [2.75, 3.05) is 13.1 Å². The van der Waals surface area contributed by atoms with Gasteiger partial charge in [0, 0.05) is 24.5 Å². The molecule has 7 heteroatoms. The fourth-order valence-electron chi connectivity index (χ4n) is 2.77. The van der Waals surface area contributed by atoms with Gasteiger partial charge in [-0.3, -0.25) is 0 Å². The molecule has 0 bridgehead atoms. The molecule has 6 nitrogen and oxygen atoms in total. The highest BCUT2D eigenvalue weighted by Gasteiger charge is 2.31. The summed E-state index contributed by atoms with van der Waals surface area (Å²) in [7, 11) is 0. The molecule has 2 unspecified atom stereocenters. The number of fused-ring (bicyclic) bond motifs is 1. The van der Waals surface area contributed by atoms with Crippen molar-refractivity contribution in [1.29, 1.82) is 0 Å². The minimum absolute atomic E-state index is 0.103. The van der Waals surface area contributed by atoms with Gasteiger partial charge in [-0.05, 0) is 36.3 Å². The van der Waals surface area contributed by atoms with Crippen LogP contribution in [0.5, 0.6) is 0 Å². The van der Waals surface area contributed by atoms with E-state index in [0.717, 1.165) is 13.0 Å². The predicted octanol–water partition coefficient (Wildman–Crippen LogP) is 1.45. The summed E-state index contributed by atoms with van der Waals surface area (Å²) in [6.07, 6.45) is 1.16. The molecule has 114 valence electrons. The number of carboxylic acids is 1. The largest absolute Gasteiger partial charge is 0.479 e. The maximum absolute atomic E-state index is 12.1. The van der Waals surface area contributed by atoms with Crippen molar-refractivity contribution in [2.45, 2.75) is 38.0 Å². The summed E-state index contributed by atoms with van der Waals surface area (Å²) >= 11 is 1.74. The van der Waals surface area contributed by atoms with Crippen LogP contribution in [0.4, 0.5) is 4.79 Å². The molecule has 0 spiro atoms. The SMILES string of the molecule is O=C(O)C1CCC(CNC(=O)N2CCc3sccc3C2)O1. The highest BCUT2D eigenvalue weighted by Crippen LogP contribution is 2.24. The van der Waals surface area contributed by atoms with Crippen LogP contribution in [0, 0.1) is 0 Å². The molecule has 3 heterocycles. The molecule has 1 saturated heterocycles. The fourth-order valence-corrected chi connectivity index (χ4v) is 3.66. The molecule has 2 aliphatic heterocycles. The van der Waals surface area contributed by atoms with E-state index in [1.54, 1.807) is 16.2 Å². The van der Waals surface area contributed by atoms with Gasteiger partial charge < -0.3 is 20.1 Å². The Bertz CT molecular complexity index is 545. The van der Waals surface area contributed by atoms with Crippen molar-refractivity contribution in [3.63, 3.8) is 0 Å². The standard InChI is InChI=1S/C14H18N2O4S/c17-13(18)11-2-1-10(20-11)7-15-14(19)16-5-3-12-9(8-16)4-6-21-12/h4,6,10-11H,1-3,5,7-8H2,(H,15,19)(H,17,18). The van der Waals surface area contributed by atoms with Crippen molar-refractivity contribution in [3.05, 3.63) is 21.9 Å². The van der Waals surface area contributed by atoms with Gasteiger partial charge in [-0.1, -0.05) is 0 Å². The van der Waals surface area contributed by atoms with Gasteiger partial charge >= 0.3 is 12.0 Å². The van der Waals surface area contributed by atoms with Gasteiger partial charge in [0.25, 0.3) is 0 Å². The number of carbonyl (C=O) groups excluding carboxylic acids is 1. The molecule has 2 aliphatic rings. The minimum atomic E-state index is -0.926. The third-order valence-electron chi connectivity index (χ3n) is 3.96. The molecule has 21 heavy (non-hydrogen) atoms. The molecule has 1 fully saturated rings. The van der Waals surface area contributed by atoms with Crippen molar-refractivity contribution in [1.82, 2.24) is 10.2 Å². The molecule has 0 aromatic carbocycles. The van der Waals surface area contributed by atoms with Crippen LogP contribution in [0.2, 0.25) is 0 Å². The average molecular weight is 310 g/mol. The first kappa shape index (κ1) is 14.3. The zero-order valence-electron chi connectivity index (χ0n) is 11.6. The molecular formula is C14H18N2O4S. The van der Waals surface area contributed by atoms with E-state index >= 15 is 0 Å². The van der Waals surface area contributed by atoms with E-state index in [2.05, 4.69) is 16.8 Å². The molecule has 0 aliphatic carbocycles. The Hall–Kier alpha value is -1.60. The second kappa shape index (κ2) is 6.03. The lowest BCUT2D eigenvalue weighted by atomic mass is 10.1. The number of rotatable bonds is 3. The van der Waals surface area contributed by atoms with Gasteiger partial charge in [-0.25, -0.2) is 9.59 Å². The number of thiophene rings is 1. The van der Waals surface area contributed by atoms with E-state index in [1.807, 2.05) is 0 Å². The molecule has 1 aromatic heterocycles. The molecule has 2 atom stereocenters. The lowest BCUT2D eigenvalue weighted by molar-refractivity contribution is -0.149. The van der Waals surface area contributed by atoms with Crippen LogP contribution >= 0.6 is 11.3 Å². The smallest absolute Gasteiger partial charge is 0.332 e. The van der Waals surface area contributed by atoms with Gasteiger partial charge in [0.15, 0.2) is 6.10 Å². The zero-order valence-corrected chi connectivity index (χ0v) is 12.4. The van der Waals surface area contributed by atoms with Crippen LogP contribution in [-0.2, 0) is 22.5 Å². The summed E-state index contributed by atoms with van der Waals surface area (Å²) in [5.74, 6) is -0.926. The predicted molar refractivity (Wildman–Crippen MR) is 77.4 cm³/mol. The van der Waals surface area contributed by atoms with Crippen molar-refractivity contribution >= 4 is 23.3 Å². The summed E-state index contributed by atoms with van der Waals surface area (Å²) in [6, 6.07) is 1.96. The maximum Gasteiger partial charge on any atom is 0.332 e. The molecule has 2 amide bonds. The third-order valence-corrected chi connectivity index (χ3v) is 4.98. The molecule has 2 N–H and O–H groups in total. The van der Waals surface area contributed by atoms with Crippen LogP contribution in [0.1, 0.15) is 23.3 Å². The van der Waals surface area contributed by atoms with Gasteiger partial charge in [0.05, 0.1) is 6.10 Å². The summed E-state index contributed by atoms with van der Waals surface area (Å²) in [5, 5.41) is 13.8. The molecule has 0 radical (unpaired) electrons. The number of aliphatic carboxylic acids is 1. The highest BCUT2D eigenvalue weighted by atomic mass is 32.1. The number of hydrogen-bond donors (Lipinski definition) is 2. The maximum atomic E-state index is 12.1. The van der Waals surface area contributed by atoms with Crippen molar-refractivity contribution in [2.24, 2.45) is 0 Å². The average Bonchev–Trinajstić information content (AvgIpc) is 3.12. The number of amides is 2. The number of carboxylic acid groups (broad SMARTS) is 1. The Morgan fingerprint density at radius 2 is 2.33 bits per heavy atom. The first-order valence-corrected chi connectivity index (χ1v) is 7.97. The van der Waals surface area contributed by atoms with Crippen molar-refractivity contribution in [3.8, 4) is 0 Å². The zero-order chi connectivity index (χ0) is 14.8. The number of carbonyl (C=O) groups is 2. The summed E-state index contributed by atoms with van der Waals surface area (Å²) in [4.78, 5) is 26.1. The van der Waals surface area contributed by atoms with Crippen molar-refractivity contribution < 1.29 is 19.4 Å². The lowest BCUT2D eigenvalue weighted by Crippen LogP contribution is -2.44. The van der Waals surface area contributed by atoms with E-state index < -0.39 is 12.1 Å². The summed E-state index contributed by atoms with van der Waals surface area (Å²) < 4.78 is 5.37. The summed E-state index contributed by atoms with van der Waals surface area (Å²) in [6.45, 7) is 1.74. The number of nitrogens with one attached hydrogen (secondary N) is 1. The van der Waals surface area contributed by atoms with E-state index in [-0.39, 0.29) is 12.1 Å². The normalized spacial score (nSPS) is 24.7. The first-order valence-electron chi connectivity index (χ1n) is 7.10. The molecule has 3 rings (SSSR count). The highest BCUT2D eigenvalue weighted by molar-refractivity contribution is 7.10. The van der Waals surface area contributed by atoms with Gasteiger partial charge in [-0.2, -0.15) is 0 Å². The van der Waals surface area contributed by atoms with Crippen LogP contribution in [0.25, 0.3) is 0 Å². The number of urea groups is 1. The van der Waals surface area contributed by atoms with E-state index in [4.69, 9.17) is 9.84 Å². The Labute approximate surface area is 126 Å². The fraction of sp³-hybridized carbons (Fsp3) is 0.571. The molecular weight excluding hydrogens is 292 g/mol. The Morgan fingerprint density at radius 1 is 1.48 bits per heavy atom. The lowest BCUT2D eigenvalue weighted by Gasteiger charge is -2.27. The Kier molecular flexibility index (Phi) is 4.12. The van der Waals surface area contributed by atoms with E-state index in [1.165, 1.54) is 10.4 Å². The molecule has 1 aromatic rings. The topological polar surface area (TPSA) is 78.9 Å².